The van der Waals surface area contributed by atoms with Gasteiger partial charge in [0.1, 0.15) is 11.5 Å². The highest BCUT2D eigenvalue weighted by Gasteiger charge is 2.13. The number of methoxy groups -OCH3 is 1. The fourth-order valence-corrected chi connectivity index (χ4v) is 1.52. The van der Waals surface area contributed by atoms with Gasteiger partial charge < -0.3 is 14.9 Å². The lowest BCUT2D eigenvalue weighted by atomic mass is 10.1. The van der Waals surface area contributed by atoms with E-state index in [-0.39, 0.29) is 12.3 Å². The van der Waals surface area contributed by atoms with Crippen LogP contribution in [0.25, 0.3) is 0 Å². The number of hydrogen-bond acceptors (Lipinski definition) is 4. The van der Waals surface area contributed by atoms with Gasteiger partial charge in [-0.1, -0.05) is 12.1 Å². The van der Waals surface area contributed by atoms with E-state index in [1.807, 2.05) is 0 Å². The van der Waals surface area contributed by atoms with Gasteiger partial charge in [0.2, 0.25) is 5.78 Å². The molecule has 0 fully saturated rings. The fourth-order valence-electron chi connectivity index (χ4n) is 1.52. The maximum Gasteiger partial charge on any atom is 0.228 e. The summed E-state index contributed by atoms with van der Waals surface area (Å²) in [4.78, 5) is 12.1. The maximum atomic E-state index is 12.1. The van der Waals surface area contributed by atoms with E-state index >= 15 is 0 Å². The van der Waals surface area contributed by atoms with Crippen LogP contribution in [0, 0.1) is 0 Å². The van der Waals surface area contributed by atoms with Crippen molar-refractivity contribution in [2.24, 2.45) is 5.73 Å². The Hall–Kier alpha value is -2.07. The van der Waals surface area contributed by atoms with Crippen LogP contribution < -0.4 is 10.5 Å². The molecular weight excluding hydrogens is 218 g/mol. The highest BCUT2D eigenvalue weighted by molar-refractivity contribution is 6.07. The Bertz CT molecular complexity index is 531. The van der Waals surface area contributed by atoms with Gasteiger partial charge >= 0.3 is 0 Å². The minimum atomic E-state index is -0.177. The van der Waals surface area contributed by atoms with Crippen molar-refractivity contribution in [3.05, 3.63) is 53.5 Å². The van der Waals surface area contributed by atoms with Crippen molar-refractivity contribution in [3.8, 4) is 5.75 Å². The molecule has 17 heavy (non-hydrogen) atoms. The third-order valence-electron chi connectivity index (χ3n) is 2.42. The number of carbonyl (C=O) groups is 1. The molecule has 1 heterocycles. The van der Waals surface area contributed by atoms with Crippen molar-refractivity contribution in [3.63, 3.8) is 0 Å². The first-order valence-corrected chi connectivity index (χ1v) is 5.22. The zero-order valence-corrected chi connectivity index (χ0v) is 9.47. The van der Waals surface area contributed by atoms with E-state index in [0.29, 0.717) is 22.8 Å². The molecule has 0 aliphatic heterocycles. The topological polar surface area (TPSA) is 65.5 Å². The second-order valence-electron chi connectivity index (χ2n) is 3.53. The van der Waals surface area contributed by atoms with Gasteiger partial charge in [-0.25, -0.2) is 0 Å². The molecule has 0 spiro atoms. The number of ketones is 1. The quantitative estimate of drug-likeness (QED) is 0.817. The molecule has 2 aromatic rings. The lowest BCUT2D eigenvalue weighted by Gasteiger charge is -2.01. The van der Waals surface area contributed by atoms with Crippen LogP contribution in [0.4, 0.5) is 0 Å². The first kappa shape index (κ1) is 11.4. The second-order valence-corrected chi connectivity index (χ2v) is 3.53. The Morgan fingerprint density at radius 3 is 2.82 bits per heavy atom. The minimum Gasteiger partial charge on any atom is -0.497 e. The summed E-state index contributed by atoms with van der Waals surface area (Å²) >= 11 is 0. The molecular formula is C13H13NO3. The highest BCUT2D eigenvalue weighted by Crippen LogP contribution is 2.17. The van der Waals surface area contributed by atoms with Crippen LogP contribution >= 0.6 is 0 Å². The third-order valence-corrected chi connectivity index (χ3v) is 2.42. The van der Waals surface area contributed by atoms with Crippen LogP contribution in [0.3, 0.4) is 0 Å². The summed E-state index contributed by atoms with van der Waals surface area (Å²) < 4.78 is 10.4. The monoisotopic (exact) mass is 231 g/mol. The van der Waals surface area contributed by atoms with E-state index < -0.39 is 0 Å². The Morgan fingerprint density at radius 1 is 1.35 bits per heavy atom. The van der Waals surface area contributed by atoms with Crippen molar-refractivity contribution in [1.82, 2.24) is 0 Å². The predicted molar refractivity (Wildman–Crippen MR) is 63.0 cm³/mol. The molecule has 0 amide bonds. The minimum absolute atomic E-state index is 0.177. The van der Waals surface area contributed by atoms with Crippen LogP contribution in [-0.2, 0) is 6.54 Å². The summed E-state index contributed by atoms with van der Waals surface area (Å²) in [5.41, 5.74) is 5.95. The summed E-state index contributed by atoms with van der Waals surface area (Å²) in [6.45, 7) is 0.283. The molecule has 4 nitrogen and oxygen atoms in total. The standard InChI is InChI=1S/C13H13NO3/c1-16-10-4-2-3-9(7-10)13(15)12-6-5-11(8-14)17-12/h2-7H,8,14H2,1H3. The summed E-state index contributed by atoms with van der Waals surface area (Å²) in [6.07, 6.45) is 0. The molecule has 0 aliphatic rings. The second kappa shape index (κ2) is 4.84. The van der Waals surface area contributed by atoms with Gasteiger partial charge in [0.05, 0.1) is 13.7 Å². The number of furan rings is 1. The normalized spacial score (nSPS) is 10.2. The molecule has 1 aromatic carbocycles. The Kier molecular flexibility index (Phi) is 3.25. The summed E-state index contributed by atoms with van der Waals surface area (Å²) in [6, 6.07) is 10.3. The number of ether oxygens (including phenoxy) is 1. The lowest BCUT2D eigenvalue weighted by molar-refractivity contribution is 0.101. The van der Waals surface area contributed by atoms with Crippen LogP contribution in [0.2, 0.25) is 0 Å². The van der Waals surface area contributed by atoms with Crippen LogP contribution in [0.5, 0.6) is 5.75 Å². The molecule has 0 saturated carbocycles. The molecule has 0 radical (unpaired) electrons. The van der Waals surface area contributed by atoms with Gasteiger partial charge in [0.15, 0.2) is 5.76 Å². The van der Waals surface area contributed by atoms with Gasteiger partial charge in [-0.2, -0.15) is 0 Å². The lowest BCUT2D eigenvalue weighted by Crippen LogP contribution is -2.00. The largest absolute Gasteiger partial charge is 0.497 e. The fraction of sp³-hybridized carbons (Fsp3) is 0.154. The van der Waals surface area contributed by atoms with Crippen molar-refractivity contribution >= 4 is 5.78 Å². The van der Waals surface area contributed by atoms with Gasteiger partial charge in [-0.15, -0.1) is 0 Å². The van der Waals surface area contributed by atoms with Crippen molar-refractivity contribution in [2.75, 3.05) is 7.11 Å². The van der Waals surface area contributed by atoms with Gasteiger partial charge in [0.25, 0.3) is 0 Å². The van der Waals surface area contributed by atoms with E-state index in [2.05, 4.69) is 0 Å². The highest BCUT2D eigenvalue weighted by atomic mass is 16.5. The van der Waals surface area contributed by atoms with Gasteiger partial charge in [-0.05, 0) is 24.3 Å². The SMILES string of the molecule is COc1cccc(C(=O)c2ccc(CN)o2)c1. The zero-order valence-electron chi connectivity index (χ0n) is 9.47. The molecule has 0 bridgehead atoms. The van der Waals surface area contributed by atoms with E-state index in [1.165, 1.54) is 0 Å². The molecule has 0 atom stereocenters. The third kappa shape index (κ3) is 2.37. The number of benzene rings is 1. The van der Waals surface area contributed by atoms with Crippen molar-refractivity contribution < 1.29 is 13.9 Å². The molecule has 0 aliphatic carbocycles. The van der Waals surface area contributed by atoms with Gasteiger partial charge in [0, 0.05) is 5.56 Å². The van der Waals surface area contributed by atoms with E-state index in [1.54, 1.807) is 43.5 Å². The van der Waals surface area contributed by atoms with Gasteiger partial charge in [-0.3, -0.25) is 4.79 Å². The molecule has 4 heteroatoms. The number of hydrogen-bond donors (Lipinski definition) is 1. The average molecular weight is 231 g/mol. The van der Waals surface area contributed by atoms with E-state index in [0.717, 1.165) is 0 Å². The molecule has 1 aromatic heterocycles. The Balaban J connectivity index is 2.29. The smallest absolute Gasteiger partial charge is 0.228 e. The number of carbonyl (C=O) groups excluding carboxylic acids is 1. The first-order chi connectivity index (χ1) is 8.24. The predicted octanol–water partition coefficient (Wildman–Crippen LogP) is 1.98. The molecule has 88 valence electrons. The first-order valence-electron chi connectivity index (χ1n) is 5.22. The number of nitrogens with two attached hydrogens (primary N) is 1. The maximum absolute atomic E-state index is 12.1. The number of rotatable bonds is 4. The summed E-state index contributed by atoms with van der Waals surface area (Å²) in [5, 5.41) is 0. The molecule has 0 unspecified atom stereocenters. The van der Waals surface area contributed by atoms with Crippen molar-refractivity contribution in [1.29, 1.82) is 0 Å². The van der Waals surface area contributed by atoms with Crippen LogP contribution in [0.1, 0.15) is 21.9 Å². The molecule has 2 rings (SSSR count). The van der Waals surface area contributed by atoms with Crippen molar-refractivity contribution in [2.45, 2.75) is 6.54 Å². The zero-order chi connectivity index (χ0) is 12.3. The molecule has 2 N–H and O–H groups in total. The Labute approximate surface area is 99.0 Å². The van der Waals surface area contributed by atoms with E-state index in [4.69, 9.17) is 14.9 Å². The van der Waals surface area contributed by atoms with Crippen LogP contribution in [-0.4, -0.2) is 12.9 Å². The Morgan fingerprint density at radius 2 is 2.18 bits per heavy atom. The summed E-state index contributed by atoms with van der Waals surface area (Å²) in [7, 11) is 1.56. The van der Waals surface area contributed by atoms with Crippen LogP contribution in [0.15, 0.2) is 40.8 Å². The molecule has 0 saturated heterocycles. The average Bonchev–Trinajstić information content (AvgIpc) is 2.86. The van der Waals surface area contributed by atoms with E-state index in [9.17, 15) is 4.79 Å². The summed E-state index contributed by atoms with van der Waals surface area (Å²) in [5.74, 6) is 1.35.